The zero-order valence-corrected chi connectivity index (χ0v) is 31.1. The second-order valence-corrected chi connectivity index (χ2v) is 16.3. The van der Waals surface area contributed by atoms with E-state index in [1.165, 1.54) is 0 Å². The summed E-state index contributed by atoms with van der Waals surface area (Å²) < 4.78 is 43.8. The van der Waals surface area contributed by atoms with Crippen LogP contribution in [0.3, 0.4) is 0 Å². The van der Waals surface area contributed by atoms with Gasteiger partial charge in [0.1, 0.15) is 29.8 Å². The number of hydrogen-bond acceptors (Lipinski definition) is 10. The quantitative estimate of drug-likeness (QED) is 0.240. The second-order valence-electron chi connectivity index (χ2n) is 15.9. The largest absolute Gasteiger partial charge is 0.461 e. The molecule has 3 aromatic rings. The fraction of sp³-hybridized carbons (Fsp3) is 0.575. The predicted molar refractivity (Wildman–Crippen MR) is 200 cm³/mol. The van der Waals surface area contributed by atoms with Crippen LogP contribution in [-0.2, 0) is 9.53 Å². The van der Waals surface area contributed by atoms with Crippen molar-refractivity contribution in [2.24, 2.45) is 0 Å². The molecule has 1 amide bonds. The number of anilines is 1. The predicted octanol–water partition coefficient (Wildman–Crippen LogP) is 5.67. The molecular formula is C40H45ClF2N8O3. The minimum absolute atomic E-state index is 0.000385. The van der Waals surface area contributed by atoms with E-state index >= 15 is 4.39 Å². The van der Waals surface area contributed by atoms with Gasteiger partial charge in [-0.25, -0.2) is 8.78 Å². The van der Waals surface area contributed by atoms with E-state index in [-0.39, 0.29) is 54.3 Å². The van der Waals surface area contributed by atoms with Crippen molar-refractivity contribution in [3.63, 3.8) is 0 Å². The van der Waals surface area contributed by atoms with Crippen molar-refractivity contribution in [3.05, 3.63) is 53.0 Å². The Morgan fingerprint density at radius 1 is 1.11 bits per heavy atom. The van der Waals surface area contributed by atoms with Gasteiger partial charge in [0, 0.05) is 75.1 Å². The van der Waals surface area contributed by atoms with Crippen molar-refractivity contribution < 1.29 is 23.0 Å². The number of hydrogen-bond donors (Lipinski definition) is 0. The number of halogens is 3. The first-order valence-corrected chi connectivity index (χ1v) is 19.8. The Balaban J connectivity index is 1.01. The molecule has 2 aromatic heterocycles. The third-order valence-electron chi connectivity index (χ3n) is 12.3. The number of alkyl halides is 1. The first kappa shape index (κ1) is 35.7. The number of benzene rings is 1. The summed E-state index contributed by atoms with van der Waals surface area (Å²) >= 11 is 6.65. The van der Waals surface area contributed by atoms with Gasteiger partial charge in [0.05, 0.1) is 41.7 Å². The molecule has 2 unspecified atom stereocenters. The summed E-state index contributed by atoms with van der Waals surface area (Å²) in [5.41, 5.74) is 1.31. The van der Waals surface area contributed by atoms with Crippen LogP contribution in [0.2, 0.25) is 5.02 Å². The van der Waals surface area contributed by atoms with E-state index in [9.17, 15) is 14.4 Å². The van der Waals surface area contributed by atoms with Crippen LogP contribution in [0.15, 0.2) is 36.5 Å². The van der Waals surface area contributed by atoms with E-state index in [0.29, 0.717) is 60.9 Å². The van der Waals surface area contributed by atoms with Crippen LogP contribution in [0.1, 0.15) is 62.8 Å². The first-order chi connectivity index (χ1) is 26.3. The molecule has 1 aliphatic carbocycles. The highest BCUT2D eigenvalue weighted by Crippen LogP contribution is 2.48. The summed E-state index contributed by atoms with van der Waals surface area (Å²) in [5.74, 6) is -0.0674. The van der Waals surface area contributed by atoms with Gasteiger partial charge in [0.25, 0.3) is 0 Å². The molecule has 6 fully saturated rings. The average molecular weight is 759 g/mol. The minimum atomic E-state index is -0.924. The maximum Gasteiger partial charge on any atom is 0.319 e. The Labute approximate surface area is 318 Å². The summed E-state index contributed by atoms with van der Waals surface area (Å²) in [6.45, 7) is 4.84. The number of rotatable bonds is 10. The lowest BCUT2D eigenvalue weighted by Crippen LogP contribution is -2.55. The molecule has 1 aromatic carbocycles. The number of aromatic nitrogens is 3. The van der Waals surface area contributed by atoms with Crippen LogP contribution >= 0.6 is 11.6 Å². The number of pyridine rings is 1. The molecule has 0 radical (unpaired) electrons. The minimum Gasteiger partial charge on any atom is -0.461 e. The van der Waals surface area contributed by atoms with E-state index in [0.717, 1.165) is 63.7 Å². The molecule has 0 spiro atoms. The molecule has 0 N–H and O–H groups in total. The Morgan fingerprint density at radius 2 is 1.94 bits per heavy atom. The third kappa shape index (κ3) is 6.80. The Hall–Kier alpha value is -3.96. The molecule has 7 heterocycles. The highest BCUT2D eigenvalue weighted by Gasteiger charge is 2.49. The molecule has 284 valence electrons. The summed E-state index contributed by atoms with van der Waals surface area (Å²) in [6.07, 6.45) is 11.2. The van der Waals surface area contributed by atoms with Crippen molar-refractivity contribution in [1.29, 1.82) is 5.26 Å². The SMILES string of the molecule is N#CC[C@H]1CN(c2nc(OC[C@@]34CCCN3C[C@H](F)C4)nc3c(F)c(-c4cccc(Cl)c4C4CC4)ncc23)CCN1C(=O)/C=C/CN1CC2CCC(C1)O2. The van der Waals surface area contributed by atoms with Gasteiger partial charge in [-0.15, -0.1) is 0 Å². The molecule has 11 nitrogen and oxygen atoms in total. The molecule has 54 heavy (non-hydrogen) atoms. The number of likely N-dealkylation sites (tertiary alicyclic amines) is 1. The van der Waals surface area contributed by atoms with Crippen molar-refractivity contribution in [2.45, 2.75) is 87.2 Å². The Morgan fingerprint density at radius 3 is 2.74 bits per heavy atom. The monoisotopic (exact) mass is 758 g/mol. The second kappa shape index (κ2) is 14.6. The first-order valence-electron chi connectivity index (χ1n) is 19.4. The van der Waals surface area contributed by atoms with Gasteiger partial charge in [0.2, 0.25) is 5.91 Å². The van der Waals surface area contributed by atoms with E-state index in [2.05, 4.69) is 25.8 Å². The molecule has 5 aliphatic heterocycles. The van der Waals surface area contributed by atoms with E-state index in [4.69, 9.17) is 26.1 Å². The smallest absolute Gasteiger partial charge is 0.319 e. The normalized spacial score (nSPS) is 28.6. The van der Waals surface area contributed by atoms with Gasteiger partial charge in [-0.1, -0.05) is 29.8 Å². The van der Waals surface area contributed by atoms with Crippen molar-refractivity contribution in [2.75, 3.05) is 63.9 Å². The van der Waals surface area contributed by atoms with Crippen molar-refractivity contribution >= 4 is 34.2 Å². The molecule has 14 heteroatoms. The fourth-order valence-corrected chi connectivity index (χ4v) is 9.89. The summed E-state index contributed by atoms with van der Waals surface area (Å²) in [7, 11) is 0. The summed E-state index contributed by atoms with van der Waals surface area (Å²) in [6, 6.07) is 7.31. The molecule has 6 aliphatic rings. The fourth-order valence-electron chi connectivity index (χ4n) is 9.56. The number of carbonyl (C=O) groups is 1. The maximum absolute atomic E-state index is 16.9. The van der Waals surface area contributed by atoms with Crippen LogP contribution in [0.4, 0.5) is 14.6 Å². The number of piperazine rings is 1. The van der Waals surface area contributed by atoms with Crippen molar-refractivity contribution in [3.8, 4) is 23.3 Å². The van der Waals surface area contributed by atoms with Crippen LogP contribution in [0, 0.1) is 17.1 Å². The number of nitriles is 1. The number of amides is 1. The highest BCUT2D eigenvalue weighted by molar-refractivity contribution is 6.32. The zero-order chi connectivity index (χ0) is 37.0. The molecule has 9 rings (SSSR count). The third-order valence-corrected chi connectivity index (χ3v) is 12.6. The number of carbonyl (C=O) groups excluding carboxylic acids is 1. The van der Waals surface area contributed by atoms with E-state index < -0.39 is 23.6 Å². The number of morpholine rings is 1. The van der Waals surface area contributed by atoms with Gasteiger partial charge in [-0.2, -0.15) is 15.2 Å². The van der Waals surface area contributed by atoms with E-state index in [1.807, 2.05) is 23.1 Å². The molecule has 1 saturated carbocycles. The maximum atomic E-state index is 16.9. The summed E-state index contributed by atoms with van der Waals surface area (Å²) in [5, 5.41) is 10.8. The number of fused-ring (bicyclic) bond motifs is 4. The standard InChI is InChI=1S/C40H45ClF2N8O3/c41-32-5-1-4-30(34(32)25-7-8-25)36-35(43)37-31(19-45-36)38(47-39(46-37)53-24-40-12-3-15-50(40)20-26(42)18-40)49-16-17-51(27(21-49)11-13-44)33(52)6-2-14-48-22-28-9-10-29(23-48)54-28/h1-2,4-6,19,25-29H,3,7-12,14-18,20-24H2/b6-2+/t26-,27+,28?,29?,40+/m1/s1. The topological polar surface area (TPSA) is 111 Å². The van der Waals surface area contributed by atoms with Gasteiger partial charge < -0.3 is 19.3 Å². The lowest BCUT2D eigenvalue weighted by atomic mass is 9.95. The summed E-state index contributed by atoms with van der Waals surface area (Å²) in [4.78, 5) is 35.9. The van der Waals surface area contributed by atoms with Gasteiger partial charge >= 0.3 is 6.01 Å². The number of nitrogens with zero attached hydrogens (tertiary/aromatic N) is 8. The zero-order valence-electron chi connectivity index (χ0n) is 30.3. The van der Waals surface area contributed by atoms with Crippen LogP contribution in [0.25, 0.3) is 22.2 Å². The lowest BCUT2D eigenvalue weighted by Gasteiger charge is -2.41. The lowest BCUT2D eigenvalue weighted by molar-refractivity contribution is -0.128. The van der Waals surface area contributed by atoms with Crippen molar-refractivity contribution in [1.82, 2.24) is 29.7 Å². The average Bonchev–Trinajstić information content (AvgIpc) is 3.74. The van der Waals surface area contributed by atoms with Crippen LogP contribution in [-0.4, -0.2) is 124 Å². The van der Waals surface area contributed by atoms with Crippen LogP contribution in [0.5, 0.6) is 6.01 Å². The highest BCUT2D eigenvalue weighted by atomic mass is 35.5. The molecule has 2 bridgehead atoms. The van der Waals surface area contributed by atoms with Gasteiger partial charge in [-0.05, 0) is 62.6 Å². The molecule has 5 atom stereocenters. The number of ether oxygens (including phenoxy) is 2. The van der Waals surface area contributed by atoms with Gasteiger partial charge in [0.15, 0.2) is 5.82 Å². The van der Waals surface area contributed by atoms with Gasteiger partial charge in [-0.3, -0.25) is 19.6 Å². The molecule has 5 saturated heterocycles. The Bertz CT molecular complexity index is 2000. The van der Waals surface area contributed by atoms with Crippen LogP contribution < -0.4 is 9.64 Å². The Kier molecular flexibility index (Phi) is 9.66. The van der Waals surface area contributed by atoms with E-state index in [1.54, 1.807) is 23.2 Å². The molecular weight excluding hydrogens is 714 g/mol.